The molecule has 1 aromatic rings. The zero-order valence-corrected chi connectivity index (χ0v) is 7.97. The molecule has 0 radical (unpaired) electrons. The fraction of sp³-hybridized carbons (Fsp3) is 0.286. The third-order valence-corrected chi connectivity index (χ3v) is 1.57. The molecule has 0 saturated carbocycles. The predicted molar refractivity (Wildman–Crippen MR) is 53.2 cm³/mol. The Hall–Kier alpha value is -1.43. The maximum Gasteiger partial charge on any atom is 0.232 e. The molecule has 6 heteroatoms. The summed E-state index contributed by atoms with van der Waals surface area (Å²) < 4.78 is 1.55. The summed E-state index contributed by atoms with van der Waals surface area (Å²) in [6, 6.07) is 1.69. The van der Waals surface area contributed by atoms with Crippen molar-refractivity contribution >= 4 is 28.9 Å². The van der Waals surface area contributed by atoms with E-state index in [9.17, 15) is 4.79 Å². The second-order valence-electron chi connectivity index (χ2n) is 2.53. The van der Waals surface area contributed by atoms with E-state index in [0.717, 1.165) is 0 Å². The van der Waals surface area contributed by atoms with Gasteiger partial charge in [-0.1, -0.05) is 12.2 Å². The number of hydrogen-bond acceptors (Lipinski definition) is 3. The molecule has 0 fully saturated rings. The monoisotopic (exact) mass is 198 g/mol. The Kier molecular flexibility index (Phi) is 2.97. The minimum atomic E-state index is -0.226. The van der Waals surface area contributed by atoms with Crippen LogP contribution in [0.15, 0.2) is 12.3 Å². The van der Waals surface area contributed by atoms with E-state index in [-0.39, 0.29) is 17.3 Å². The first-order chi connectivity index (χ1) is 6.09. The lowest BCUT2D eigenvalue weighted by Crippen LogP contribution is -2.21. The largest absolute Gasteiger partial charge is 0.393 e. The van der Waals surface area contributed by atoms with Gasteiger partial charge in [-0.2, -0.15) is 5.10 Å². The van der Waals surface area contributed by atoms with Gasteiger partial charge in [0.15, 0.2) is 0 Å². The van der Waals surface area contributed by atoms with Gasteiger partial charge in [0.05, 0.1) is 17.6 Å². The summed E-state index contributed by atoms with van der Waals surface area (Å²) in [6.45, 7) is 0. The summed E-state index contributed by atoms with van der Waals surface area (Å²) in [4.78, 5) is 11.3. The number of carbonyl (C=O) groups excluding carboxylic acids is 1. The van der Waals surface area contributed by atoms with Gasteiger partial charge in [-0.3, -0.25) is 9.48 Å². The van der Waals surface area contributed by atoms with Crippen molar-refractivity contribution in [3.05, 3.63) is 12.3 Å². The molecule has 1 heterocycles. The van der Waals surface area contributed by atoms with Crippen LogP contribution < -0.4 is 11.1 Å². The van der Waals surface area contributed by atoms with Crippen LogP contribution in [0.1, 0.15) is 6.42 Å². The number of nitrogens with two attached hydrogens (primary N) is 1. The molecule has 0 bridgehead atoms. The standard InChI is InChI=1S/C7H10N4OS/c1-11-6(2-3-9-11)10-7(12)4-5(8)13/h2-3H,4H2,1H3,(H2,8,13)(H,10,12). The highest BCUT2D eigenvalue weighted by atomic mass is 32.1. The highest BCUT2D eigenvalue weighted by Gasteiger charge is 2.05. The summed E-state index contributed by atoms with van der Waals surface area (Å²) in [5, 5.41) is 6.50. The zero-order valence-electron chi connectivity index (χ0n) is 7.15. The summed E-state index contributed by atoms with van der Waals surface area (Å²) in [5.74, 6) is 0.400. The zero-order chi connectivity index (χ0) is 9.84. The molecule has 0 saturated heterocycles. The average Bonchev–Trinajstić information content (AvgIpc) is 2.34. The number of anilines is 1. The van der Waals surface area contributed by atoms with Crippen LogP contribution >= 0.6 is 12.2 Å². The number of carbonyl (C=O) groups is 1. The second kappa shape index (κ2) is 3.99. The van der Waals surface area contributed by atoms with E-state index in [1.54, 1.807) is 24.0 Å². The number of rotatable bonds is 3. The average molecular weight is 198 g/mol. The Labute approximate surface area is 80.9 Å². The first-order valence-corrected chi connectivity index (χ1v) is 4.06. The summed E-state index contributed by atoms with van der Waals surface area (Å²) in [5.41, 5.74) is 5.21. The summed E-state index contributed by atoms with van der Waals surface area (Å²) in [6.07, 6.45) is 1.65. The number of thiocarbonyl (C=S) groups is 1. The van der Waals surface area contributed by atoms with Crippen LogP contribution in [0.5, 0.6) is 0 Å². The van der Waals surface area contributed by atoms with E-state index in [1.165, 1.54) is 0 Å². The van der Waals surface area contributed by atoms with Gasteiger partial charge in [0.1, 0.15) is 5.82 Å². The molecule has 0 unspecified atom stereocenters. The Morgan fingerprint density at radius 2 is 2.54 bits per heavy atom. The van der Waals surface area contributed by atoms with E-state index in [1.807, 2.05) is 0 Å². The van der Waals surface area contributed by atoms with Gasteiger partial charge in [0.25, 0.3) is 0 Å². The van der Waals surface area contributed by atoms with E-state index >= 15 is 0 Å². The highest BCUT2D eigenvalue weighted by Crippen LogP contribution is 2.03. The van der Waals surface area contributed by atoms with Crippen molar-refractivity contribution in [2.45, 2.75) is 6.42 Å². The van der Waals surface area contributed by atoms with Gasteiger partial charge >= 0.3 is 0 Å². The molecule has 0 atom stereocenters. The number of hydrogen-bond donors (Lipinski definition) is 2. The smallest absolute Gasteiger partial charge is 0.232 e. The van der Waals surface area contributed by atoms with E-state index in [2.05, 4.69) is 22.6 Å². The number of aryl methyl sites for hydroxylation is 1. The molecule has 1 rings (SSSR count). The molecule has 5 nitrogen and oxygen atoms in total. The molecule has 0 spiro atoms. The highest BCUT2D eigenvalue weighted by molar-refractivity contribution is 7.80. The first kappa shape index (κ1) is 9.66. The molecule has 13 heavy (non-hydrogen) atoms. The lowest BCUT2D eigenvalue weighted by atomic mass is 10.4. The lowest BCUT2D eigenvalue weighted by molar-refractivity contribution is -0.115. The van der Waals surface area contributed by atoms with Crippen LogP contribution in [0.25, 0.3) is 0 Å². The van der Waals surface area contributed by atoms with Crippen molar-refractivity contribution in [2.75, 3.05) is 5.32 Å². The summed E-state index contributed by atoms with van der Waals surface area (Å²) >= 11 is 4.59. The van der Waals surface area contributed by atoms with Crippen LogP contribution in [0.4, 0.5) is 5.82 Å². The Bertz CT molecular complexity index is 333. The van der Waals surface area contributed by atoms with Crippen molar-refractivity contribution in [2.24, 2.45) is 12.8 Å². The number of aromatic nitrogens is 2. The Morgan fingerprint density at radius 3 is 3.00 bits per heavy atom. The number of nitrogens with zero attached hydrogens (tertiary/aromatic N) is 2. The van der Waals surface area contributed by atoms with Gasteiger partial charge in [-0.25, -0.2) is 0 Å². The third-order valence-electron chi connectivity index (χ3n) is 1.42. The van der Waals surface area contributed by atoms with Crippen molar-refractivity contribution in [1.29, 1.82) is 0 Å². The van der Waals surface area contributed by atoms with Gasteiger partial charge in [0, 0.05) is 13.1 Å². The molecule has 0 aliphatic rings. The van der Waals surface area contributed by atoms with Gasteiger partial charge < -0.3 is 11.1 Å². The minimum absolute atomic E-state index is 0.0561. The molecule has 0 aliphatic heterocycles. The maximum atomic E-state index is 11.2. The van der Waals surface area contributed by atoms with E-state index in [4.69, 9.17) is 5.73 Å². The lowest BCUT2D eigenvalue weighted by Gasteiger charge is -2.03. The fourth-order valence-electron chi connectivity index (χ4n) is 0.842. The molecule has 0 aromatic carbocycles. The van der Waals surface area contributed by atoms with Gasteiger partial charge in [-0.15, -0.1) is 0 Å². The predicted octanol–water partition coefficient (Wildman–Crippen LogP) is 0.0348. The third kappa shape index (κ3) is 2.83. The number of amides is 1. The quantitative estimate of drug-likeness (QED) is 0.672. The molecular formula is C7H10N4OS. The van der Waals surface area contributed by atoms with Crippen molar-refractivity contribution in [1.82, 2.24) is 9.78 Å². The van der Waals surface area contributed by atoms with E-state index < -0.39 is 0 Å². The molecular weight excluding hydrogens is 188 g/mol. The van der Waals surface area contributed by atoms with Crippen LogP contribution in [0.3, 0.4) is 0 Å². The van der Waals surface area contributed by atoms with Gasteiger partial charge in [0.2, 0.25) is 5.91 Å². The first-order valence-electron chi connectivity index (χ1n) is 3.66. The molecule has 70 valence electrons. The van der Waals surface area contributed by atoms with Crippen LogP contribution in [-0.2, 0) is 11.8 Å². The van der Waals surface area contributed by atoms with Crippen molar-refractivity contribution in [3.63, 3.8) is 0 Å². The van der Waals surface area contributed by atoms with Crippen LogP contribution in [0.2, 0.25) is 0 Å². The minimum Gasteiger partial charge on any atom is -0.393 e. The second-order valence-corrected chi connectivity index (χ2v) is 3.06. The van der Waals surface area contributed by atoms with Crippen molar-refractivity contribution < 1.29 is 4.79 Å². The molecule has 0 aliphatic carbocycles. The Balaban J connectivity index is 2.55. The normalized spacial score (nSPS) is 9.62. The van der Waals surface area contributed by atoms with E-state index in [0.29, 0.717) is 5.82 Å². The Morgan fingerprint density at radius 1 is 1.85 bits per heavy atom. The summed E-state index contributed by atoms with van der Waals surface area (Å²) in [7, 11) is 1.73. The van der Waals surface area contributed by atoms with Crippen molar-refractivity contribution in [3.8, 4) is 0 Å². The maximum absolute atomic E-state index is 11.2. The van der Waals surface area contributed by atoms with Gasteiger partial charge in [-0.05, 0) is 0 Å². The van der Waals surface area contributed by atoms with Crippen LogP contribution in [0, 0.1) is 0 Å². The number of nitrogens with one attached hydrogen (secondary N) is 1. The molecule has 1 amide bonds. The SMILES string of the molecule is Cn1nccc1NC(=O)CC(N)=S. The molecule has 1 aromatic heterocycles. The molecule has 3 N–H and O–H groups in total. The topological polar surface area (TPSA) is 72.9 Å². The van der Waals surface area contributed by atoms with Crippen LogP contribution in [-0.4, -0.2) is 20.7 Å². The fourth-order valence-corrected chi connectivity index (χ4v) is 0.973.